The zero-order chi connectivity index (χ0) is 18.5. The van der Waals surface area contributed by atoms with Crippen LogP contribution in [0.2, 0.25) is 0 Å². The van der Waals surface area contributed by atoms with Crippen LogP contribution in [0.5, 0.6) is 0 Å². The number of nitrogens with zero attached hydrogens (tertiary/aromatic N) is 3. The minimum Gasteiger partial charge on any atom is -0.357 e. The fraction of sp³-hybridized carbons (Fsp3) is 0.200. The molecule has 4 nitrogen and oxygen atoms in total. The van der Waals surface area contributed by atoms with E-state index in [1.54, 1.807) is 6.07 Å². The molecular formula is C20H20F2N4. The lowest BCUT2D eigenvalue weighted by atomic mass is 10.2. The second kappa shape index (κ2) is 7.91. The molecule has 1 aromatic heterocycles. The summed E-state index contributed by atoms with van der Waals surface area (Å²) in [5.41, 5.74) is 1.03. The minimum atomic E-state index is -0.672. The zero-order valence-electron chi connectivity index (χ0n) is 14.7. The van der Waals surface area contributed by atoms with Gasteiger partial charge in [-0.3, -0.25) is 0 Å². The number of halogens is 2. The Hall–Kier alpha value is -3.02. The van der Waals surface area contributed by atoms with E-state index < -0.39 is 11.6 Å². The van der Waals surface area contributed by atoms with Gasteiger partial charge in [-0.1, -0.05) is 30.3 Å². The van der Waals surface area contributed by atoms with Gasteiger partial charge in [0.15, 0.2) is 5.82 Å². The average Bonchev–Trinajstić information content (AvgIpc) is 2.66. The molecule has 3 aromatic rings. The van der Waals surface area contributed by atoms with Gasteiger partial charge in [0.05, 0.1) is 5.69 Å². The van der Waals surface area contributed by atoms with Crippen molar-refractivity contribution in [1.29, 1.82) is 0 Å². The lowest BCUT2D eigenvalue weighted by Crippen LogP contribution is -2.23. The molecule has 1 heterocycles. The van der Waals surface area contributed by atoms with Gasteiger partial charge in [0, 0.05) is 30.8 Å². The summed E-state index contributed by atoms with van der Waals surface area (Å²) in [6.45, 7) is 5.65. The highest BCUT2D eigenvalue weighted by molar-refractivity contribution is 5.65. The normalized spacial score (nSPS) is 10.6. The Balaban J connectivity index is 2.04. The first-order chi connectivity index (χ1) is 12.6. The van der Waals surface area contributed by atoms with Crippen molar-refractivity contribution < 1.29 is 8.78 Å². The second-order valence-corrected chi connectivity index (χ2v) is 5.72. The number of hydrogen-bond acceptors (Lipinski definition) is 4. The molecule has 0 atom stereocenters. The molecule has 0 aliphatic heterocycles. The third-order valence-electron chi connectivity index (χ3n) is 4.03. The van der Waals surface area contributed by atoms with E-state index in [1.165, 1.54) is 12.1 Å². The molecule has 0 bridgehead atoms. The highest BCUT2D eigenvalue weighted by Gasteiger charge is 2.12. The van der Waals surface area contributed by atoms with Gasteiger partial charge in [-0.05, 0) is 26.0 Å². The van der Waals surface area contributed by atoms with Gasteiger partial charge < -0.3 is 10.2 Å². The molecule has 0 fully saturated rings. The molecule has 0 unspecified atom stereocenters. The third-order valence-corrected chi connectivity index (χ3v) is 4.03. The average molecular weight is 354 g/mol. The molecule has 26 heavy (non-hydrogen) atoms. The Bertz CT molecular complexity index is 880. The largest absolute Gasteiger partial charge is 0.357 e. The van der Waals surface area contributed by atoms with E-state index in [4.69, 9.17) is 0 Å². The molecule has 0 aliphatic carbocycles. The van der Waals surface area contributed by atoms with Crippen molar-refractivity contribution in [3.05, 3.63) is 66.2 Å². The van der Waals surface area contributed by atoms with Gasteiger partial charge in [0.1, 0.15) is 23.3 Å². The van der Waals surface area contributed by atoms with Crippen LogP contribution in [-0.2, 0) is 0 Å². The van der Waals surface area contributed by atoms with E-state index in [2.05, 4.69) is 20.2 Å². The van der Waals surface area contributed by atoms with Crippen LogP contribution in [0.1, 0.15) is 13.8 Å². The summed E-state index contributed by atoms with van der Waals surface area (Å²) in [4.78, 5) is 11.2. The fourth-order valence-corrected chi connectivity index (χ4v) is 2.65. The van der Waals surface area contributed by atoms with E-state index in [0.29, 0.717) is 11.6 Å². The molecular weight excluding hydrogens is 334 g/mol. The van der Waals surface area contributed by atoms with E-state index in [-0.39, 0.29) is 5.69 Å². The molecule has 134 valence electrons. The van der Waals surface area contributed by atoms with Gasteiger partial charge in [0.25, 0.3) is 0 Å². The standard InChI is InChI=1S/C20H20F2N4/c1-3-26(4-2)19-13-18(23-17-11-10-15(21)12-16(17)22)24-20(25-19)14-8-6-5-7-9-14/h5-13H,3-4H2,1-2H3,(H,23,24,25). The minimum absolute atomic E-state index is 0.162. The van der Waals surface area contributed by atoms with Crippen LogP contribution in [0.25, 0.3) is 11.4 Å². The van der Waals surface area contributed by atoms with E-state index >= 15 is 0 Å². The van der Waals surface area contributed by atoms with Crippen molar-refractivity contribution in [3.63, 3.8) is 0 Å². The van der Waals surface area contributed by atoms with Gasteiger partial charge in [-0.15, -0.1) is 0 Å². The Labute approximate surface area is 151 Å². The lowest BCUT2D eigenvalue weighted by molar-refractivity contribution is 0.586. The van der Waals surface area contributed by atoms with Crippen molar-refractivity contribution in [1.82, 2.24) is 9.97 Å². The Morgan fingerprint density at radius 2 is 1.65 bits per heavy atom. The van der Waals surface area contributed by atoms with Crippen molar-refractivity contribution in [2.75, 3.05) is 23.3 Å². The molecule has 0 saturated heterocycles. The van der Waals surface area contributed by atoms with Crippen molar-refractivity contribution >= 4 is 17.3 Å². The number of hydrogen-bond donors (Lipinski definition) is 1. The van der Waals surface area contributed by atoms with Crippen LogP contribution in [0.4, 0.5) is 26.1 Å². The highest BCUT2D eigenvalue weighted by Crippen LogP contribution is 2.26. The monoisotopic (exact) mass is 354 g/mol. The number of rotatable bonds is 6. The molecule has 0 spiro atoms. The van der Waals surface area contributed by atoms with Crippen LogP contribution in [-0.4, -0.2) is 23.1 Å². The first kappa shape index (κ1) is 17.8. The summed E-state index contributed by atoms with van der Waals surface area (Å²) in [6, 6.07) is 14.8. The maximum atomic E-state index is 14.0. The summed E-state index contributed by atoms with van der Waals surface area (Å²) < 4.78 is 27.1. The maximum absolute atomic E-state index is 14.0. The molecule has 0 radical (unpaired) electrons. The summed E-state index contributed by atoms with van der Waals surface area (Å²) in [7, 11) is 0. The van der Waals surface area contributed by atoms with Gasteiger partial charge >= 0.3 is 0 Å². The van der Waals surface area contributed by atoms with Crippen LogP contribution in [0.15, 0.2) is 54.6 Å². The highest BCUT2D eigenvalue weighted by atomic mass is 19.1. The van der Waals surface area contributed by atoms with Crippen molar-refractivity contribution in [3.8, 4) is 11.4 Å². The molecule has 3 rings (SSSR count). The summed E-state index contributed by atoms with van der Waals surface area (Å²) in [5.74, 6) is 0.443. The van der Waals surface area contributed by atoms with Crippen LogP contribution in [0, 0.1) is 11.6 Å². The molecule has 0 amide bonds. The quantitative estimate of drug-likeness (QED) is 0.675. The van der Waals surface area contributed by atoms with Gasteiger partial charge in [-0.25, -0.2) is 18.7 Å². The van der Waals surface area contributed by atoms with Crippen molar-refractivity contribution in [2.24, 2.45) is 0 Å². The number of benzene rings is 2. The van der Waals surface area contributed by atoms with Crippen LogP contribution >= 0.6 is 0 Å². The van der Waals surface area contributed by atoms with E-state index in [1.807, 2.05) is 44.2 Å². The predicted molar refractivity (Wildman–Crippen MR) is 101 cm³/mol. The predicted octanol–water partition coefficient (Wildman–Crippen LogP) is 5.01. The topological polar surface area (TPSA) is 41.0 Å². The summed E-state index contributed by atoms with van der Waals surface area (Å²) in [6.07, 6.45) is 0. The molecule has 0 aliphatic rings. The van der Waals surface area contributed by atoms with E-state index in [9.17, 15) is 8.78 Å². The molecule has 2 aromatic carbocycles. The maximum Gasteiger partial charge on any atom is 0.163 e. The zero-order valence-corrected chi connectivity index (χ0v) is 14.7. The Morgan fingerprint density at radius 3 is 2.31 bits per heavy atom. The third kappa shape index (κ3) is 3.96. The van der Waals surface area contributed by atoms with E-state index in [0.717, 1.165) is 30.5 Å². The number of nitrogens with one attached hydrogen (secondary N) is 1. The first-order valence-electron chi connectivity index (χ1n) is 8.52. The number of aromatic nitrogens is 2. The summed E-state index contributed by atoms with van der Waals surface area (Å²) >= 11 is 0. The Kier molecular flexibility index (Phi) is 5.41. The van der Waals surface area contributed by atoms with Crippen LogP contribution < -0.4 is 10.2 Å². The smallest absolute Gasteiger partial charge is 0.163 e. The molecule has 6 heteroatoms. The first-order valence-corrected chi connectivity index (χ1v) is 8.52. The Morgan fingerprint density at radius 1 is 0.923 bits per heavy atom. The SMILES string of the molecule is CCN(CC)c1cc(Nc2ccc(F)cc2F)nc(-c2ccccc2)n1. The van der Waals surface area contributed by atoms with Crippen molar-refractivity contribution in [2.45, 2.75) is 13.8 Å². The van der Waals surface area contributed by atoms with Crippen LogP contribution in [0.3, 0.4) is 0 Å². The fourth-order valence-electron chi connectivity index (χ4n) is 2.65. The molecule has 1 N–H and O–H groups in total. The number of anilines is 3. The van der Waals surface area contributed by atoms with Gasteiger partial charge in [0.2, 0.25) is 0 Å². The molecule has 0 saturated carbocycles. The summed E-state index contributed by atoms with van der Waals surface area (Å²) in [5, 5.41) is 2.93. The second-order valence-electron chi connectivity index (χ2n) is 5.72. The van der Waals surface area contributed by atoms with Gasteiger partial charge in [-0.2, -0.15) is 0 Å². The lowest BCUT2D eigenvalue weighted by Gasteiger charge is -2.21.